The summed E-state index contributed by atoms with van der Waals surface area (Å²) in [5, 5.41) is 3.78. The molecule has 1 saturated heterocycles. The second-order valence-corrected chi connectivity index (χ2v) is 6.45. The summed E-state index contributed by atoms with van der Waals surface area (Å²) in [6, 6.07) is 5.78. The molecule has 1 fully saturated rings. The molecule has 0 bridgehead atoms. The van der Waals surface area contributed by atoms with Crippen LogP contribution in [0.3, 0.4) is 0 Å². The molecule has 1 aliphatic rings. The van der Waals surface area contributed by atoms with Crippen molar-refractivity contribution in [2.45, 2.75) is 46.2 Å². The molecule has 0 saturated carbocycles. The maximum absolute atomic E-state index is 3.78. The van der Waals surface area contributed by atoms with Crippen molar-refractivity contribution in [2.24, 2.45) is 0 Å². The largest absolute Gasteiger partial charge is 0.307 e. The highest BCUT2D eigenvalue weighted by molar-refractivity contribution is 7.99. The molecule has 2 heteroatoms. The van der Waals surface area contributed by atoms with Crippen LogP contribution in [0, 0.1) is 20.8 Å². The van der Waals surface area contributed by atoms with Crippen molar-refractivity contribution in [3.8, 4) is 0 Å². The molecule has 0 radical (unpaired) electrons. The molecule has 0 spiro atoms. The smallest absolute Gasteiger partial charge is 0.0419 e. The van der Waals surface area contributed by atoms with Crippen LogP contribution in [-0.4, -0.2) is 17.5 Å². The summed E-state index contributed by atoms with van der Waals surface area (Å²) in [7, 11) is 0. The van der Waals surface area contributed by atoms with Gasteiger partial charge < -0.3 is 5.32 Å². The Labute approximate surface area is 109 Å². The third kappa shape index (κ3) is 3.05. The van der Waals surface area contributed by atoms with E-state index in [9.17, 15) is 0 Å². The number of nitrogens with one attached hydrogen (secondary N) is 1. The average Bonchev–Trinajstić information content (AvgIpc) is 2.41. The number of hydrogen-bond donors (Lipinski definition) is 1. The van der Waals surface area contributed by atoms with Gasteiger partial charge in [0.2, 0.25) is 0 Å². The zero-order valence-corrected chi connectivity index (χ0v) is 12.2. The number of hydrogen-bond acceptors (Lipinski definition) is 2. The van der Waals surface area contributed by atoms with Crippen LogP contribution < -0.4 is 5.32 Å². The van der Waals surface area contributed by atoms with Crippen molar-refractivity contribution in [2.75, 3.05) is 11.5 Å². The highest BCUT2D eigenvalue weighted by atomic mass is 32.2. The van der Waals surface area contributed by atoms with Crippen LogP contribution in [0.4, 0.5) is 0 Å². The van der Waals surface area contributed by atoms with Gasteiger partial charge in [0.25, 0.3) is 0 Å². The molecule has 0 aromatic heterocycles. The van der Waals surface area contributed by atoms with Gasteiger partial charge in [0.1, 0.15) is 0 Å². The fraction of sp³-hybridized carbons (Fsp3) is 0.600. The highest BCUT2D eigenvalue weighted by Gasteiger charge is 2.21. The number of benzene rings is 1. The molecule has 17 heavy (non-hydrogen) atoms. The van der Waals surface area contributed by atoms with E-state index in [0.717, 1.165) is 0 Å². The number of thioether (sulfide) groups is 1. The van der Waals surface area contributed by atoms with E-state index < -0.39 is 0 Å². The Balaban J connectivity index is 2.32. The lowest BCUT2D eigenvalue weighted by Crippen LogP contribution is -2.31. The summed E-state index contributed by atoms with van der Waals surface area (Å²) in [4.78, 5) is 0. The number of aryl methyl sites for hydroxylation is 3. The first-order valence-electron chi connectivity index (χ1n) is 6.49. The molecule has 0 aliphatic carbocycles. The van der Waals surface area contributed by atoms with E-state index in [0.29, 0.717) is 12.1 Å². The third-order valence-electron chi connectivity index (χ3n) is 3.55. The van der Waals surface area contributed by atoms with E-state index in [1.165, 1.54) is 40.2 Å². The minimum Gasteiger partial charge on any atom is -0.307 e. The number of rotatable bonds is 1. The van der Waals surface area contributed by atoms with Crippen molar-refractivity contribution in [3.05, 3.63) is 34.4 Å². The first kappa shape index (κ1) is 13.0. The fourth-order valence-corrected chi connectivity index (χ4v) is 4.03. The van der Waals surface area contributed by atoms with E-state index in [2.05, 4.69) is 56.9 Å². The molecule has 94 valence electrons. The van der Waals surface area contributed by atoms with Gasteiger partial charge in [0.15, 0.2) is 0 Å². The van der Waals surface area contributed by atoms with Crippen molar-refractivity contribution < 1.29 is 0 Å². The van der Waals surface area contributed by atoms with Crippen molar-refractivity contribution >= 4 is 11.8 Å². The van der Waals surface area contributed by atoms with Crippen molar-refractivity contribution in [1.82, 2.24) is 5.32 Å². The molecule has 1 aromatic rings. The average molecular weight is 249 g/mol. The SMILES string of the molecule is Cc1cc(C)c(C2CSCCC(C)N2)c(C)c1. The summed E-state index contributed by atoms with van der Waals surface area (Å²) in [5.74, 6) is 2.49. The summed E-state index contributed by atoms with van der Waals surface area (Å²) in [6.45, 7) is 8.98. The predicted octanol–water partition coefficient (Wildman–Crippen LogP) is 3.77. The van der Waals surface area contributed by atoms with E-state index >= 15 is 0 Å². The maximum atomic E-state index is 3.78. The standard InChI is InChI=1S/C15H23NS/c1-10-7-11(2)15(12(3)8-10)14-9-17-6-5-13(4)16-14/h7-8,13-14,16H,5-6,9H2,1-4H3. The molecule has 1 aromatic carbocycles. The molecule has 1 nitrogen and oxygen atoms in total. The first-order valence-corrected chi connectivity index (χ1v) is 7.65. The molecule has 1 aliphatic heterocycles. The predicted molar refractivity (Wildman–Crippen MR) is 77.9 cm³/mol. The van der Waals surface area contributed by atoms with Gasteiger partial charge >= 0.3 is 0 Å². The Bertz CT molecular complexity index is 377. The van der Waals surface area contributed by atoms with E-state index in [1.54, 1.807) is 0 Å². The molecule has 2 unspecified atom stereocenters. The summed E-state index contributed by atoms with van der Waals surface area (Å²) in [5.41, 5.74) is 5.78. The van der Waals surface area contributed by atoms with Crippen molar-refractivity contribution in [1.29, 1.82) is 0 Å². The van der Waals surface area contributed by atoms with Crippen LogP contribution in [-0.2, 0) is 0 Å². The van der Waals surface area contributed by atoms with E-state index in [1.807, 2.05) is 0 Å². The van der Waals surface area contributed by atoms with Crippen LogP contribution in [0.15, 0.2) is 12.1 Å². The monoisotopic (exact) mass is 249 g/mol. The zero-order chi connectivity index (χ0) is 12.4. The van der Waals surface area contributed by atoms with Gasteiger partial charge in [-0.3, -0.25) is 0 Å². The Morgan fingerprint density at radius 1 is 1.18 bits per heavy atom. The summed E-state index contributed by atoms with van der Waals surface area (Å²) >= 11 is 2.08. The summed E-state index contributed by atoms with van der Waals surface area (Å²) in [6.07, 6.45) is 1.28. The van der Waals surface area contributed by atoms with Gasteiger partial charge in [0.05, 0.1) is 0 Å². The minimum atomic E-state index is 0.526. The van der Waals surface area contributed by atoms with Gasteiger partial charge in [-0.05, 0) is 56.6 Å². The van der Waals surface area contributed by atoms with E-state index in [-0.39, 0.29) is 0 Å². The van der Waals surface area contributed by atoms with Gasteiger partial charge in [-0.1, -0.05) is 17.7 Å². The fourth-order valence-electron chi connectivity index (χ4n) is 2.84. The van der Waals surface area contributed by atoms with Crippen LogP contribution in [0.25, 0.3) is 0 Å². The van der Waals surface area contributed by atoms with Crippen LogP contribution in [0.2, 0.25) is 0 Å². The van der Waals surface area contributed by atoms with Crippen LogP contribution in [0.5, 0.6) is 0 Å². The zero-order valence-electron chi connectivity index (χ0n) is 11.3. The van der Waals surface area contributed by atoms with Gasteiger partial charge in [0, 0.05) is 17.8 Å². The first-order chi connectivity index (χ1) is 8.08. The molecular formula is C15H23NS. The molecule has 1 heterocycles. The maximum Gasteiger partial charge on any atom is 0.0419 e. The Hall–Kier alpha value is -0.470. The third-order valence-corrected chi connectivity index (χ3v) is 4.65. The molecule has 1 N–H and O–H groups in total. The van der Waals surface area contributed by atoms with Crippen LogP contribution >= 0.6 is 11.8 Å². The van der Waals surface area contributed by atoms with Gasteiger partial charge in [-0.2, -0.15) is 11.8 Å². The minimum absolute atomic E-state index is 0.526. The molecule has 2 rings (SSSR count). The van der Waals surface area contributed by atoms with E-state index in [4.69, 9.17) is 0 Å². The van der Waals surface area contributed by atoms with Crippen molar-refractivity contribution in [3.63, 3.8) is 0 Å². The quantitative estimate of drug-likeness (QED) is 0.813. The second-order valence-electron chi connectivity index (χ2n) is 5.30. The molecule has 2 atom stereocenters. The Kier molecular flexibility index (Phi) is 4.16. The highest BCUT2D eigenvalue weighted by Crippen LogP contribution is 2.29. The Morgan fingerprint density at radius 2 is 1.82 bits per heavy atom. The summed E-state index contributed by atoms with van der Waals surface area (Å²) < 4.78 is 0. The van der Waals surface area contributed by atoms with Gasteiger partial charge in [-0.15, -0.1) is 0 Å². The normalized spacial score (nSPS) is 25.6. The lowest BCUT2D eigenvalue weighted by molar-refractivity contribution is 0.482. The molecule has 0 amide bonds. The topological polar surface area (TPSA) is 12.0 Å². The lowest BCUT2D eigenvalue weighted by Gasteiger charge is -2.24. The second kappa shape index (κ2) is 5.45. The Morgan fingerprint density at radius 3 is 2.47 bits per heavy atom. The molecular weight excluding hydrogens is 226 g/mol. The van der Waals surface area contributed by atoms with Gasteiger partial charge in [-0.25, -0.2) is 0 Å². The lowest BCUT2D eigenvalue weighted by atomic mass is 9.94. The van der Waals surface area contributed by atoms with Crippen LogP contribution in [0.1, 0.15) is 41.6 Å².